The van der Waals surface area contributed by atoms with E-state index in [1.165, 1.54) is 12.1 Å². The van der Waals surface area contributed by atoms with Crippen LogP contribution in [0.5, 0.6) is 5.75 Å². The molecule has 0 amide bonds. The van der Waals surface area contributed by atoms with E-state index >= 15 is 0 Å². The van der Waals surface area contributed by atoms with Crippen LogP contribution in [0.15, 0.2) is 71.3 Å². The third-order valence-corrected chi connectivity index (χ3v) is 5.80. The van der Waals surface area contributed by atoms with E-state index in [1.54, 1.807) is 54.8 Å². The second-order valence-electron chi connectivity index (χ2n) is 8.12. The topological polar surface area (TPSA) is 77.0 Å². The van der Waals surface area contributed by atoms with Crippen LogP contribution in [0.4, 0.5) is 13.2 Å². The molecule has 3 heterocycles. The maximum atomic E-state index is 12.8. The fraction of sp³-hybridized carbons (Fsp3) is 0.154. The summed E-state index contributed by atoms with van der Waals surface area (Å²) in [7, 11) is 0. The standard InChI is InChI=1S/C26H19F3N2O4/c1-14-23(35-24(30-14)16-6-8-17(9-7-16)26(27,28)29)15(2)34-18-10-11-19-21(13-18)31-12-4-3-5-20(31)22(19)25(32)33/h3-13,15H,1-2H3,(H,32,33). The van der Waals surface area contributed by atoms with Crippen LogP contribution in [-0.4, -0.2) is 20.5 Å². The summed E-state index contributed by atoms with van der Waals surface area (Å²) in [6, 6.07) is 15.1. The van der Waals surface area contributed by atoms with Crippen molar-refractivity contribution >= 4 is 22.4 Å². The molecule has 0 aliphatic heterocycles. The van der Waals surface area contributed by atoms with Gasteiger partial charge in [0.1, 0.15) is 5.75 Å². The van der Waals surface area contributed by atoms with E-state index in [0.29, 0.717) is 39.2 Å². The Morgan fingerprint density at radius 3 is 2.51 bits per heavy atom. The van der Waals surface area contributed by atoms with Gasteiger partial charge in [-0.05, 0) is 62.4 Å². The van der Waals surface area contributed by atoms with Gasteiger partial charge in [0.2, 0.25) is 5.89 Å². The van der Waals surface area contributed by atoms with Gasteiger partial charge in [0, 0.05) is 23.2 Å². The predicted octanol–water partition coefficient (Wildman–Crippen LogP) is 6.91. The molecule has 0 bridgehead atoms. The SMILES string of the molecule is Cc1nc(-c2ccc(C(F)(F)F)cc2)oc1C(C)Oc1ccc2c(C(=O)O)c3ccccn3c2c1. The van der Waals surface area contributed by atoms with E-state index in [4.69, 9.17) is 9.15 Å². The van der Waals surface area contributed by atoms with Gasteiger partial charge in [0.25, 0.3) is 0 Å². The number of carbonyl (C=O) groups is 1. The van der Waals surface area contributed by atoms with Crippen molar-refractivity contribution in [2.45, 2.75) is 26.1 Å². The molecule has 0 aliphatic rings. The van der Waals surface area contributed by atoms with Gasteiger partial charge in [-0.25, -0.2) is 9.78 Å². The number of carboxylic acids is 1. The summed E-state index contributed by atoms with van der Waals surface area (Å²) in [5.41, 5.74) is 1.69. The number of oxazole rings is 1. The number of pyridine rings is 1. The van der Waals surface area contributed by atoms with E-state index in [9.17, 15) is 23.1 Å². The molecule has 0 radical (unpaired) electrons. The molecule has 6 nitrogen and oxygen atoms in total. The van der Waals surface area contributed by atoms with Crippen molar-refractivity contribution in [2.24, 2.45) is 0 Å². The van der Waals surface area contributed by atoms with Gasteiger partial charge < -0.3 is 18.7 Å². The number of ether oxygens (including phenoxy) is 1. The molecule has 5 rings (SSSR count). The van der Waals surface area contributed by atoms with Gasteiger partial charge >= 0.3 is 12.1 Å². The number of hydrogen-bond acceptors (Lipinski definition) is 4. The van der Waals surface area contributed by atoms with Gasteiger partial charge in [0.05, 0.1) is 27.9 Å². The Hall–Kier alpha value is -4.27. The zero-order chi connectivity index (χ0) is 24.9. The van der Waals surface area contributed by atoms with Crippen molar-refractivity contribution < 1.29 is 32.2 Å². The zero-order valence-electron chi connectivity index (χ0n) is 18.6. The molecule has 0 aliphatic carbocycles. The van der Waals surface area contributed by atoms with Crippen LogP contribution < -0.4 is 4.74 Å². The average molecular weight is 480 g/mol. The molecule has 1 atom stereocenters. The third kappa shape index (κ3) is 3.99. The number of aromatic nitrogens is 2. The lowest BCUT2D eigenvalue weighted by molar-refractivity contribution is -0.137. The number of rotatable bonds is 5. The number of aromatic carboxylic acids is 1. The monoisotopic (exact) mass is 480 g/mol. The van der Waals surface area contributed by atoms with E-state index in [0.717, 1.165) is 12.1 Å². The van der Waals surface area contributed by atoms with Crippen LogP contribution in [0.3, 0.4) is 0 Å². The number of benzene rings is 2. The third-order valence-electron chi connectivity index (χ3n) is 5.80. The second kappa shape index (κ2) is 8.19. The molecule has 0 saturated heterocycles. The van der Waals surface area contributed by atoms with Gasteiger partial charge in [-0.3, -0.25) is 0 Å². The van der Waals surface area contributed by atoms with Crippen molar-refractivity contribution in [3.05, 3.63) is 89.4 Å². The first kappa shape index (κ1) is 22.5. The predicted molar refractivity (Wildman–Crippen MR) is 123 cm³/mol. The molecule has 9 heteroatoms. The molecule has 1 N–H and O–H groups in total. The summed E-state index contributed by atoms with van der Waals surface area (Å²) in [5.74, 6) is 0.114. The minimum atomic E-state index is -4.42. The highest BCUT2D eigenvalue weighted by atomic mass is 19.4. The summed E-state index contributed by atoms with van der Waals surface area (Å²) < 4.78 is 52.2. The number of halogens is 3. The Kier molecular flexibility index (Phi) is 5.27. The van der Waals surface area contributed by atoms with E-state index in [1.807, 2.05) is 6.07 Å². The number of aryl methyl sites for hydroxylation is 1. The Morgan fingerprint density at radius 2 is 1.83 bits per heavy atom. The lowest BCUT2D eigenvalue weighted by Gasteiger charge is -2.13. The van der Waals surface area contributed by atoms with E-state index in [-0.39, 0.29) is 11.5 Å². The normalized spacial score (nSPS) is 12.8. The van der Waals surface area contributed by atoms with Crippen LogP contribution in [0.2, 0.25) is 0 Å². The maximum Gasteiger partial charge on any atom is 0.416 e. The van der Waals surface area contributed by atoms with Gasteiger partial charge in [-0.1, -0.05) is 6.07 Å². The van der Waals surface area contributed by atoms with Crippen molar-refractivity contribution in [3.63, 3.8) is 0 Å². The fourth-order valence-corrected chi connectivity index (χ4v) is 4.18. The minimum Gasteiger partial charge on any atom is -0.483 e. The first-order valence-corrected chi connectivity index (χ1v) is 10.7. The quantitative estimate of drug-likeness (QED) is 0.296. The van der Waals surface area contributed by atoms with Crippen molar-refractivity contribution in [1.29, 1.82) is 0 Å². The van der Waals surface area contributed by atoms with Crippen LogP contribution in [0, 0.1) is 6.92 Å². The number of hydrogen-bond donors (Lipinski definition) is 1. The highest BCUT2D eigenvalue weighted by Gasteiger charge is 2.30. The Morgan fingerprint density at radius 1 is 1.09 bits per heavy atom. The lowest BCUT2D eigenvalue weighted by atomic mass is 10.1. The molecule has 35 heavy (non-hydrogen) atoms. The Balaban J connectivity index is 1.45. The Labute approximate surface area is 197 Å². The fourth-order valence-electron chi connectivity index (χ4n) is 4.18. The molecule has 0 spiro atoms. The summed E-state index contributed by atoms with van der Waals surface area (Å²) in [6.45, 7) is 3.50. The average Bonchev–Trinajstić information content (AvgIpc) is 3.36. The molecule has 1 unspecified atom stereocenters. The molecule has 5 aromatic rings. The Bertz CT molecular complexity index is 1570. The summed E-state index contributed by atoms with van der Waals surface area (Å²) >= 11 is 0. The molecule has 0 fully saturated rings. The molecular weight excluding hydrogens is 461 g/mol. The zero-order valence-corrected chi connectivity index (χ0v) is 18.6. The summed E-state index contributed by atoms with van der Waals surface area (Å²) in [4.78, 5) is 16.2. The molecule has 2 aromatic carbocycles. The van der Waals surface area contributed by atoms with Gasteiger partial charge in [-0.2, -0.15) is 13.2 Å². The number of alkyl halides is 3. The molecular formula is C26H19F3N2O4. The maximum absolute atomic E-state index is 12.8. The van der Waals surface area contributed by atoms with Crippen LogP contribution >= 0.6 is 0 Å². The largest absolute Gasteiger partial charge is 0.483 e. The minimum absolute atomic E-state index is 0.195. The van der Waals surface area contributed by atoms with E-state index in [2.05, 4.69) is 4.98 Å². The second-order valence-corrected chi connectivity index (χ2v) is 8.12. The number of nitrogens with zero attached hydrogens (tertiary/aromatic N) is 2. The van der Waals surface area contributed by atoms with Crippen LogP contribution in [0.25, 0.3) is 27.9 Å². The van der Waals surface area contributed by atoms with Crippen molar-refractivity contribution in [1.82, 2.24) is 9.38 Å². The summed E-state index contributed by atoms with van der Waals surface area (Å²) in [5, 5.41) is 10.3. The highest BCUT2D eigenvalue weighted by molar-refractivity contribution is 6.11. The van der Waals surface area contributed by atoms with Crippen LogP contribution in [-0.2, 0) is 6.18 Å². The smallest absolute Gasteiger partial charge is 0.416 e. The first-order chi connectivity index (χ1) is 16.6. The van der Waals surface area contributed by atoms with Gasteiger partial charge in [0.15, 0.2) is 11.9 Å². The number of fused-ring (bicyclic) bond motifs is 3. The first-order valence-electron chi connectivity index (χ1n) is 10.7. The highest BCUT2D eigenvalue weighted by Crippen LogP contribution is 2.34. The summed E-state index contributed by atoms with van der Waals surface area (Å²) in [6.07, 6.45) is -3.20. The van der Waals surface area contributed by atoms with Crippen molar-refractivity contribution in [2.75, 3.05) is 0 Å². The van der Waals surface area contributed by atoms with E-state index < -0.39 is 23.8 Å². The van der Waals surface area contributed by atoms with Gasteiger partial charge in [-0.15, -0.1) is 0 Å². The lowest BCUT2D eigenvalue weighted by Crippen LogP contribution is -2.04. The molecule has 0 saturated carbocycles. The van der Waals surface area contributed by atoms with Crippen molar-refractivity contribution in [3.8, 4) is 17.2 Å². The molecule has 3 aromatic heterocycles. The number of carboxylic acid groups (broad SMARTS) is 1. The molecule has 178 valence electrons. The van der Waals surface area contributed by atoms with Crippen LogP contribution in [0.1, 0.15) is 40.4 Å².